The van der Waals surface area contributed by atoms with Gasteiger partial charge in [0.2, 0.25) is 5.91 Å². The summed E-state index contributed by atoms with van der Waals surface area (Å²) in [6.45, 7) is 0.757. The maximum Gasteiger partial charge on any atom is 0.227 e. The van der Waals surface area contributed by atoms with Crippen molar-refractivity contribution in [3.63, 3.8) is 0 Å². The molecule has 1 fully saturated rings. The maximum atomic E-state index is 12.0. The summed E-state index contributed by atoms with van der Waals surface area (Å²) in [5.41, 5.74) is 1.91. The Hall–Kier alpha value is -0.680. The van der Waals surface area contributed by atoms with Crippen molar-refractivity contribution in [2.45, 2.75) is 6.42 Å². The zero-order chi connectivity index (χ0) is 12.4. The normalized spacial score (nSPS) is 19.8. The first kappa shape index (κ1) is 12.8. The fourth-order valence-electron chi connectivity index (χ4n) is 2.08. The van der Waals surface area contributed by atoms with Crippen LogP contribution in [0.15, 0.2) is 22.7 Å². The van der Waals surface area contributed by atoms with Crippen molar-refractivity contribution in [3.8, 4) is 0 Å². The predicted molar refractivity (Wildman–Crippen MR) is 78.0 cm³/mol. The molecule has 0 radical (unpaired) electrons. The summed E-state index contributed by atoms with van der Waals surface area (Å²) in [5.74, 6) is 1.29. The Balaban J connectivity index is 2.33. The second-order valence-corrected chi connectivity index (χ2v) is 5.45. The molecule has 3 nitrogen and oxygen atoms in total. The summed E-state index contributed by atoms with van der Waals surface area (Å²) < 4.78 is 0.980. The summed E-state index contributed by atoms with van der Waals surface area (Å²) in [6, 6.07) is 5.91. The van der Waals surface area contributed by atoms with E-state index < -0.39 is 0 Å². The lowest BCUT2D eigenvalue weighted by molar-refractivity contribution is -0.117. The number of hydrogen-bond acceptors (Lipinski definition) is 3. The van der Waals surface area contributed by atoms with Crippen LogP contribution in [0, 0.1) is 5.92 Å². The van der Waals surface area contributed by atoms with Gasteiger partial charge in [-0.1, -0.05) is 15.9 Å². The monoisotopic (exact) mass is 314 g/mol. The zero-order valence-electron chi connectivity index (χ0n) is 9.61. The van der Waals surface area contributed by atoms with Crippen molar-refractivity contribution < 1.29 is 4.79 Å². The predicted octanol–water partition coefficient (Wildman–Crippen LogP) is 2.77. The van der Waals surface area contributed by atoms with E-state index in [4.69, 9.17) is 0 Å². The Bertz CT molecular complexity index is 439. The minimum atomic E-state index is 0.179. The van der Waals surface area contributed by atoms with Crippen molar-refractivity contribution in [1.29, 1.82) is 0 Å². The Labute approximate surface area is 115 Å². The van der Waals surface area contributed by atoms with Gasteiger partial charge in [-0.15, -0.1) is 0 Å². The lowest BCUT2D eigenvalue weighted by Gasteiger charge is -2.20. The molecular formula is C12H15BrN2OS. The highest BCUT2D eigenvalue weighted by Gasteiger charge is 2.30. The Kier molecular flexibility index (Phi) is 3.99. The number of thiol groups is 1. The molecule has 1 N–H and O–H groups in total. The smallest absolute Gasteiger partial charge is 0.227 e. The van der Waals surface area contributed by atoms with E-state index in [1.54, 1.807) is 0 Å². The van der Waals surface area contributed by atoms with Gasteiger partial charge in [0.25, 0.3) is 0 Å². The van der Waals surface area contributed by atoms with Gasteiger partial charge >= 0.3 is 0 Å². The largest absolute Gasteiger partial charge is 0.386 e. The highest BCUT2D eigenvalue weighted by molar-refractivity contribution is 9.10. The van der Waals surface area contributed by atoms with Gasteiger partial charge in [0.05, 0.1) is 11.4 Å². The van der Waals surface area contributed by atoms with E-state index in [1.807, 2.05) is 30.1 Å². The Morgan fingerprint density at radius 3 is 2.94 bits per heavy atom. The Morgan fingerprint density at radius 2 is 2.35 bits per heavy atom. The van der Waals surface area contributed by atoms with E-state index in [9.17, 15) is 4.79 Å². The summed E-state index contributed by atoms with van der Waals surface area (Å²) in [6.07, 6.45) is 0.596. The second-order valence-electron chi connectivity index (χ2n) is 4.17. The van der Waals surface area contributed by atoms with E-state index in [-0.39, 0.29) is 5.91 Å². The maximum absolute atomic E-state index is 12.0. The van der Waals surface area contributed by atoms with Gasteiger partial charge in [0, 0.05) is 24.5 Å². The molecule has 0 spiro atoms. The molecule has 1 aliphatic rings. The molecule has 0 aliphatic carbocycles. The average molecular weight is 315 g/mol. The third-order valence-corrected chi connectivity index (χ3v) is 3.99. The third-order valence-electron chi connectivity index (χ3n) is 2.98. The third kappa shape index (κ3) is 2.60. The molecule has 1 aromatic carbocycles. The molecule has 1 amide bonds. The molecule has 1 heterocycles. The van der Waals surface area contributed by atoms with Crippen LogP contribution in [0.5, 0.6) is 0 Å². The van der Waals surface area contributed by atoms with Crippen LogP contribution in [0.1, 0.15) is 6.42 Å². The van der Waals surface area contributed by atoms with Crippen molar-refractivity contribution in [3.05, 3.63) is 22.7 Å². The quantitative estimate of drug-likeness (QED) is 0.841. The highest BCUT2D eigenvalue weighted by Crippen LogP contribution is 2.33. The van der Waals surface area contributed by atoms with E-state index in [2.05, 4.69) is 33.9 Å². The van der Waals surface area contributed by atoms with Crippen LogP contribution in [0.25, 0.3) is 0 Å². The molecule has 0 bridgehead atoms. The van der Waals surface area contributed by atoms with Crippen molar-refractivity contribution in [2.75, 3.05) is 29.6 Å². The second kappa shape index (κ2) is 5.31. The molecule has 0 saturated carbocycles. The van der Waals surface area contributed by atoms with Gasteiger partial charge in [-0.25, -0.2) is 0 Å². The fourth-order valence-corrected chi connectivity index (χ4v) is 2.67. The number of carbonyl (C=O) groups is 1. The van der Waals surface area contributed by atoms with Crippen molar-refractivity contribution in [2.24, 2.45) is 5.92 Å². The van der Waals surface area contributed by atoms with Crippen molar-refractivity contribution >= 4 is 45.8 Å². The molecule has 1 aromatic rings. The molecule has 17 heavy (non-hydrogen) atoms. The first-order valence-corrected chi connectivity index (χ1v) is 6.96. The van der Waals surface area contributed by atoms with Gasteiger partial charge in [-0.05, 0) is 29.9 Å². The summed E-state index contributed by atoms with van der Waals surface area (Å²) in [4.78, 5) is 13.8. The summed E-state index contributed by atoms with van der Waals surface area (Å²) >= 11 is 7.72. The van der Waals surface area contributed by atoms with Crippen LogP contribution in [-0.2, 0) is 4.79 Å². The Morgan fingerprint density at radius 1 is 1.59 bits per heavy atom. The summed E-state index contributed by atoms with van der Waals surface area (Å²) in [5, 5.41) is 3.12. The SMILES string of the molecule is CNc1ccc(Br)cc1N1CC(CS)CC1=O. The van der Waals surface area contributed by atoms with E-state index >= 15 is 0 Å². The highest BCUT2D eigenvalue weighted by atomic mass is 79.9. The number of amides is 1. The molecular weight excluding hydrogens is 300 g/mol. The number of anilines is 2. The number of rotatable bonds is 3. The number of hydrogen-bond donors (Lipinski definition) is 2. The van der Waals surface area contributed by atoms with Gasteiger partial charge in [-0.2, -0.15) is 12.6 Å². The number of nitrogens with one attached hydrogen (secondary N) is 1. The molecule has 0 aromatic heterocycles. The molecule has 5 heteroatoms. The molecule has 1 atom stereocenters. The number of halogens is 1. The van der Waals surface area contributed by atoms with Gasteiger partial charge < -0.3 is 10.2 Å². The number of carbonyl (C=O) groups excluding carboxylic acids is 1. The summed E-state index contributed by atoms with van der Waals surface area (Å²) in [7, 11) is 1.86. The zero-order valence-corrected chi connectivity index (χ0v) is 12.1. The molecule has 1 unspecified atom stereocenters. The molecule has 1 saturated heterocycles. The average Bonchev–Trinajstić information content (AvgIpc) is 2.70. The van der Waals surface area contributed by atoms with Gasteiger partial charge in [0.1, 0.15) is 0 Å². The van der Waals surface area contributed by atoms with Crippen LogP contribution in [0.4, 0.5) is 11.4 Å². The first-order valence-electron chi connectivity index (χ1n) is 5.54. The molecule has 1 aliphatic heterocycles. The fraction of sp³-hybridized carbons (Fsp3) is 0.417. The first-order chi connectivity index (χ1) is 8.15. The van der Waals surface area contributed by atoms with Gasteiger partial charge in [-0.3, -0.25) is 4.79 Å². The van der Waals surface area contributed by atoms with E-state index in [0.29, 0.717) is 12.3 Å². The molecule has 2 rings (SSSR count). The number of benzene rings is 1. The topological polar surface area (TPSA) is 32.3 Å². The van der Waals surface area contributed by atoms with E-state index in [1.165, 1.54) is 0 Å². The van der Waals surface area contributed by atoms with Crippen LogP contribution in [0.3, 0.4) is 0 Å². The standard InChI is InChI=1S/C12H15BrN2OS/c1-14-10-3-2-9(13)5-11(10)15-6-8(7-17)4-12(15)16/h2-3,5,8,14,17H,4,6-7H2,1H3. The molecule has 92 valence electrons. The van der Waals surface area contributed by atoms with Crippen LogP contribution < -0.4 is 10.2 Å². The minimum Gasteiger partial charge on any atom is -0.386 e. The van der Waals surface area contributed by atoms with Gasteiger partial charge in [0.15, 0.2) is 0 Å². The van der Waals surface area contributed by atoms with Crippen molar-refractivity contribution in [1.82, 2.24) is 0 Å². The number of nitrogens with zero attached hydrogens (tertiary/aromatic N) is 1. The van der Waals surface area contributed by atoms with E-state index in [0.717, 1.165) is 28.1 Å². The van der Waals surface area contributed by atoms with Crippen LogP contribution in [-0.4, -0.2) is 25.3 Å². The van der Waals surface area contributed by atoms with Crippen LogP contribution >= 0.6 is 28.6 Å². The lowest BCUT2D eigenvalue weighted by Crippen LogP contribution is -2.25. The minimum absolute atomic E-state index is 0.179. The lowest BCUT2D eigenvalue weighted by atomic mass is 10.1. The van der Waals surface area contributed by atoms with Crippen LogP contribution in [0.2, 0.25) is 0 Å².